The van der Waals surface area contributed by atoms with E-state index < -0.39 is 0 Å². The molecule has 22 heavy (non-hydrogen) atoms. The van der Waals surface area contributed by atoms with Crippen LogP contribution in [-0.4, -0.2) is 10.8 Å². The Balaban J connectivity index is 0.000000789. The first kappa shape index (κ1) is 20.3. The third-order valence-corrected chi connectivity index (χ3v) is 2.72. The quantitative estimate of drug-likeness (QED) is 0.476. The Bertz CT molecular complexity index is 556. The van der Waals surface area contributed by atoms with Gasteiger partial charge in [-0.1, -0.05) is 70.0 Å². The lowest BCUT2D eigenvalue weighted by molar-refractivity contribution is 0.101. The zero-order valence-electron chi connectivity index (χ0n) is 14.4. The Kier molecular flexibility index (Phi) is 10.1. The van der Waals surface area contributed by atoms with Crippen molar-refractivity contribution in [1.82, 2.24) is 4.98 Å². The van der Waals surface area contributed by atoms with Gasteiger partial charge in [0.15, 0.2) is 5.78 Å². The van der Waals surface area contributed by atoms with Crippen LogP contribution in [0.2, 0.25) is 5.15 Å². The van der Waals surface area contributed by atoms with Crippen molar-refractivity contribution in [2.75, 3.05) is 0 Å². The van der Waals surface area contributed by atoms with Crippen LogP contribution >= 0.6 is 11.6 Å². The molecule has 1 heterocycles. The average Bonchev–Trinajstić information content (AvgIpc) is 2.49. The van der Waals surface area contributed by atoms with E-state index in [4.69, 9.17) is 11.6 Å². The maximum absolute atomic E-state index is 11.2. The second-order valence-electron chi connectivity index (χ2n) is 4.69. The summed E-state index contributed by atoms with van der Waals surface area (Å²) in [5.74, 6) is 0.0618. The third kappa shape index (κ3) is 6.86. The van der Waals surface area contributed by atoms with Gasteiger partial charge in [0.05, 0.1) is 5.69 Å². The smallest absolute Gasteiger partial charge is 0.159 e. The normalized spacial score (nSPS) is 9.05. The van der Waals surface area contributed by atoms with Crippen LogP contribution in [0.1, 0.15) is 57.0 Å². The van der Waals surface area contributed by atoms with Crippen LogP contribution in [0.15, 0.2) is 36.4 Å². The number of hydrogen-bond donors (Lipinski definition) is 0. The molecule has 0 fully saturated rings. The number of benzene rings is 1. The highest BCUT2D eigenvalue weighted by atomic mass is 35.5. The van der Waals surface area contributed by atoms with E-state index in [1.54, 1.807) is 19.1 Å². The van der Waals surface area contributed by atoms with E-state index in [-0.39, 0.29) is 5.78 Å². The summed E-state index contributed by atoms with van der Waals surface area (Å²) in [5, 5.41) is 0.482. The van der Waals surface area contributed by atoms with Crippen molar-refractivity contribution in [2.24, 2.45) is 0 Å². The van der Waals surface area contributed by atoms with Crippen LogP contribution in [0.3, 0.4) is 0 Å². The number of hydrogen-bond acceptors (Lipinski definition) is 2. The van der Waals surface area contributed by atoms with E-state index in [1.807, 2.05) is 45.0 Å². The van der Waals surface area contributed by atoms with Crippen LogP contribution in [0, 0.1) is 6.92 Å². The van der Waals surface area contributed by atoms with Crippen molar-refractivity contribution < 1.29 is 4.79 Å². The maximum Gasteiger partial charge on any atom is 0.159 e. The zero-order chi connectivity index (χ0) is 17.1. The number of nitrogens with zero attached hydrogens (tertiary/aromatic N) is 1. The maximum atomic E-state index is 11.2. The molecule has 0 saturated carbocycles. The standard InChI is InChI=1S/C14H12ClNO.C3H8.C2H6/c1-9-7-13(16-14(15)8-9)12-5-3-11(4-6-12)10(2)17;1-3-2;1-2/h3-8H,1-2H3;3H2,1-2H3;1-2H3. The molecule has 0 radical (unpaired) electrons. The van der Waals surface area contributed by atoms with Crippen LogP contribution in [0.4, 0.5) is 0 Å². The molecule has 0 atom stereocenters. The average molecular weight is 320 g/mol. The van der Waals surface area contributed by atoms with Gasteiger partial charge in [0.2, 0.25) is 0 Å². The Morgan fingerprint density at radius 3 is 2.00 bits per heavy atom. The molecule has 0 amide bonds. The van der Waals surface area contributed by atoms with Crippen molar-refractivity contribution in [2.45, 2.75) is 48.0 Å². The van der Waals surface area contributed by atoms with Crippen molar-refractivity contribution in [3.63, 3.8) is 0 Å². The van der Waals surface area contributed by atoms with Gasteiger partial charge in [-0.25, -0.2) is 4.98 Å². The lowest BCUT2D eigenvalue weighted by Gasteiger charge is -2.04. The largest absolute Gasteiger partial charge is 0.295 e. The minimum atomic E-state index is 0.0618. The SMILES string of the molecule is CC.CC(=O)c1ccc(-c2cc(C)cc(Cl)n2)cc1.CCC. The molecule has 0 bridgehead atoms. The summed E-state index contributed by atoms with van der Waals surface area (Å²) < 4.78 is 0. The van der Waals surface area contributed by atoms with Crippen molar-refractivity contribution in [3.8, 4) is 11.3 Å². The minimum absolute atomic E-state index is 0.0618. The Hall–Kier alpha value is -1.67. The number of carbonyl (C=O) groups is 1. The Morgan fingerprint density at radius 1 is 1.09 bits per heavy atom. The summed E-state index contributed by atoms with van der Waals surface area (Å²) in [7, 11) is 0. The highest BCUT2D eigenvalue weighted by molar-refractivity contribution is 6.29. The third-order valence-electron chi connectivity index (χ3n) is 2.53. The van der Waals surface area contributed by atoms with Crippen LogP contribution < -0.4 is 0 Å². The van der Waals surface area contributed by atoms with Crippen LogP contribution in [0.25, 0.3) is 11.3 Å². The summed E-state index contributed by atoms with van der Waals surface area (Å²) in [6, 6.07) is 11.2. The second kappa shape index (κ2) is 11.0. The molecule has 3 heteroatoms. The molecule has 0 N–H and O–H groups in total. The molecule has 0 aliphatic rings. The van der Waals surface area contributed by atoms with E-state index in [2.05, 4.69) is 18.8 Å². The number of halogens is 1. The van der Waals surface area contributed by atoms with Gasteiger partial charge in [-0.05, 0) is 31.5 Å². The molecule has 0 aliphatic heterocycles. The van der Waals surface area contributed by atoms with Crippen molar-refractivity contribution in [3.05, 3.63) is 52.7 Å². The Morgan fingerprint density at radius 2 is 1.59 bits per heavy atom. The highest BCUT2D eigenvalue weighted by Crippen LogP contribution is 2.21. The first-order valence-electron chi connectivity index (χ1n) is 7.73. The van der Waals surface area contributed by atoms with E-state index in [0.717, 1.165) is 16.8 Å². The lowest BCUT2D eigenvalue weighted by Crippen LogP contribution is -1.92. The van der Waals surface area contributed by atoms with Gasteiger partial charge in [-0.3, -0.25) is 4.79 Å². The summed E-state index contributed by atoms with van der Waals surface area (Å²) in [5.41, 5.74) is 3.55. The summed E-state index contributed by atoms with van der Waals surface area (Å²) in [6.07, 6.45) is 1.25. The van der Waals surface area contributed by atoms with E-state index in [0.29, 0.717) is 10.7 Å². The van der Waals surface area contributed by atoms with Crippen LogP contribution in [-0.2, 0) is 0 Å². The molecular formula is C19H26ClNO. The predicted molar refractivity (Wildman–Crippen MR) is 96.7 cm³/mol. The van der Waals surface area contributed by atoms with Crippen molar-refractivity contribution in [1.29, 1.82) is 0 Å². The number of rotatable bonds is 2. The van der Waals surface area contributed by atoms with Gasteiger partial charge in [-0.2, -0.15) is 0 Å². The monoisotopic (exact) mass is 319 g/mol. The number of aromatic nitrogens is 1. The number of Topliss-reactive ketones (excluding diaryl/α,β-unsaturated/α-hetero) is 1. The fourth-order valence-electron chi connectivity index (χ4n) is 1.65. The van der Waals surface area contributed by atoms with Gasteiger partial charge < -0.3 is 0 Å². The predicted octanol–water partition coefficient (Wildman–Crippen LogP) is 6.36. The molecule has 1 aromatic heterocycles. The molecule has 0 saturated heterocycles. The second-order valence-corrected chi connectivity index (χ2v) is 5.08. The molecule has 0 spiro atoms. The molecule has 0 aliphatic carbocycles. The number of aryl methyl sites for hydroxylation is 1. The summed E-state index contributed by atoms with van der Waals surface area (Å²) in [4.78, 5) is 15.4. The van der Waals surface area contributed by atoms with Gasteiger partial charge in [0, 0.05) is 11.1 Å². The van der Waals surface area contributed by atoms with E-state index in [1.165, 1.54) is 6.42 Å². The van der Waals surface area contributed by atoms with Gasteiger partial charge >= 0.3 is 0 Å². The molecule has 0 unspecified atom stereocenters. The van der Waals surface area contributed by atoms with Gasteiger partial charge in [-0.15, -0.1) is 0 Å². The van der Waals surface area contributed by atoms with Crippen LogP contribution in [0.5, 0.6) is 0 Å². The molecular weight excluding hydrogens is 294 g/mol. The summed E-state index contributed by atoms with van der Waals surface area (Å²) >= 11 is 5.92. The highest BCUT2D eigenvalue weighted by Gasteiger charge is 2.03. The van der Waals surface area contributed by atoms with E-state index >= 15 is 0 Å². The minimum Gasteiger partial charge on any atom is -0.295 e. The molecule has 120 valence electrons. The first-order valence-corrected chi connectivity index (χ1v) is 8.11. The number of carbonyl (C=O) groups excluding carboxylic acids is 1. The fourth-order valence-corrected chi connectivity index (χ4v) is 1.91. The number of ketones is 1. The summed E-state index contributed by atoms with van der Waals surface area (Å²) in [6.45, 7) is 11.8. The molecule has 2 nitrogen and oxygen atoms in total. The van der Waals surface area contributed by atoms with E-state index in [9.17, 15) is 4.79 Å². The Labute approximate surface area is 139 Å². The topological polar surface area (TPSA) is 30.0 Å². The van der Waals surface area contributed by atoms with Gasteiger partial charge in [0.1, 0.15) is 5.15 Å². The molecule has 2 aromatic rings. The number of pyridine rings is 1. The lowest BCUT2D eigenvalue weighted by atomic mass is 10.1. The fraction of sp³-hybridized carbons (Fsp3) is 0.368. The van der Waals surface area contributed by atoms with Crippen molar-refractivity contribution >= 4 is 17.4 Å². The molecule has 2 rings (SSSR count). The molecule has 1 aromatic carbocycles. The zero-order valence-corrected chi connectivity index (χ0v) is 15.2. The first-order chi connectivity index (χ1) is 10.5. The van der Waals surface area contributed by atoms with Gasteiger partial charge in [0.25, 0.3) is 0 Å².